The Kier molecular flexibility index (Phi) is 7.33. The third-order valence-electron chi connectivity index (χ3n) is 8.07. The van der Waals surface area contributed by atoms with Crippen molar-refractivity contribution >= 4 is 11.9 Å². The SMILES string of the molecule is Cc1c(OCC2CO2)ccc(C(=O)O)c1-c1c(C)c(C)c(-c2c(C(=O)O)ccc(OCC3CO3)c2C)c(C)c1C. The van der Waals surface area contributed by atoms with Gasteiger partial charge in [-0.3, -0.25) is 0 Å². The topological polar surface area (TPSA) is 118 Å². The molecule has 5 rings (SSSR count). The highest BCUT2D eigenvalue weighted by molar-refractivity contribution is 6.02. The summed E-state index contributed by atoms with van der Waals surface area (Å²) in [7, 11) is 0. The predicted molar refractivity (Wildman–Crippen MR) is 150 cm³/mol. The molecule has 2 saturated heterocycles. The minimum atomic E-state index is -1.03. The van der Waals surface area contributed by atoms with E-state index >= 15 is 0 Å². The Labute approximate surface area is 233 Å². The lowest BCUT2D eigenvalue weighted by atomic mass is 9.79. The smallest absolute Gasteiger partial charge is 0.336 e. The molecule has 0 saturated carbocycles. The zero-order valence-corrected chi connectivity index (χ0v) is 23.6. The van der Waals surface area contributed by atoms with Crippen LogP contribution in [0.1, 0.15) is 54.1 Å². The van der Waals surface area contributed by atoms with Crippen LogP contribution in [0.25, 0.3) is 22.3 Å². The molecule has 210 valence electrons. The molecule has 2 N–H and O–H groups in total. The van der Waals surface area contributed by atoms with Crippen molar-refractivity contribution in [2.24, 2.45) is 0 Å². The molecule has 3 aromatic rings. The molecule has 40 heavy (non-hydrogen) atoms. The molecule has 2 aliphatic rings. The standard InChI is InChI=1S/C32H34O8/c1-15-16(2)28(30-20(6)26(40-14-22-12-38-22)10-8-24(30)32(35)36)18(4)17(3)27(15)29-19(5)25(39-13-21-11-37-21)9-7-23(29)31(33)34/h7-10,21-22H,11-14H2,1-6H3,(H,33,34)(H,35,36). The fraction of sp³-hybridized carbons (Fsp3) is 0.375. The molecular formula is C32H34O8. The molecule has 3 aromatic carbocycles. The van der Waals surface area contributed by atoms with Crippen LogP contribution in [0.3, 0.4) is 0 Å². The lowest BCUT2D eigenvalue weighted by Crippen LogP contribution is -2.11. The largest absolute Gasteiger partial charge is 0.490 e. The Hall–Kier alpha value is -3.88. The van der Waals surface area contributed by atoms with Gasteiger partial charge in [-0.05, 0) is 110 Å². The van der Waals surface area contributed by atoms with Gasteiger partial charge in [-0.15, -0.1) is 0 Å². The van der Waals surface area contributed by atoms with E-state index in [9.17, 15) is 19.8 Å². The summed E-state index contributed by atoms with van der Waals surface area (Å²) in [5.41, 5.74) is 8.17. The van der Waals surface area contributed by atoms with E-state index in [1.54, 1.807) is 24.3 Å². The second-order valence-electron chi connectivity index (χ2n) is 10.6. The molecule has 0 radical (unpaired) electrons. The van der Waals surface area contributed by atoms with E-state index in [0.717, 1.165) is 44.5 Å². The number of carbonyl (C=O) groups is 2. The van der Waals surface area contributed by atoms with Crippen LogP contribution < -0.4 is 9.47 Å². The molecule has 2 unspecified atom stereocenters. The first-order valence-corrected chi connectivity index (χ1v) is 13.3. The van der Waals surface area contributed by atoms with Crippen molar-refractivity contribution < 1.29 is 38.7 Å². The highest BCUT2D eigenvalue weighted by atomic mass is 16.6. The first kappa shape index (κ1) is 27.7. The van der Waals surface area contributed by atoms with Crippen LogP contribution in [-0.4, -0.2) is 60.8 Å². The van der Waals surface area contributed by atoms with E-state index in [1.165, 1.54) is 0 Å². The molecule has 0 aliphatic carbocycles. The Bertz CT molecular complexity index is 1390. The molecular weight excluding hydrogens is 512 g/mol. The first-order chi connectivity index (χ1) is 19.0. The van der Waals surface area contributed by atoms with Gasteiger partial charge in [0.2, 0.25) is 0 Å². The quantitative estimate of drug-likeness (QED) is 0.305. The number of hydrogen-bond donors (Lipinski definition) is 2. The monoisotopic (exact) mass is 546 g/mol. The summed E-state index contributed by atoms with van der Waals surface area (Å²) < 4.78 is 22.5. The van der Waals surface area contributed by atoms with Crippen LogP contribution in [0.2, 0.25) is 0 Å². The Morgan fingerprint density at radius 2 is 0.950 bits per heavy atom. The summed E-state index contributed by atoms with van der Waals surface area (Å²) >= 11 is 0. The minimum Gasteiger partial charge on any atom is -0.490 e. The van der Waals surface area contributed by atoms with E-state index in [-0.39, 0.29) is 23.3 Å². The van der Waals surface area contributed by atoms with Crippen LogP contribution >= 0.6 is 0 Å². The van der Waals surface area contributed by atoms with Gasteiger partial charge in [-0.25, -0.2) is 9.59 Å². The van der Waals surface area contributed by atoms with Gasteiger partial charge in [0, 0.05) is 11.1 Å². The van der Waals surface area contributed by atoms with Crippen LogP contribution in [0.5, 0.6) is 11.5 Å². The number of aromatic carboxylic acids is 2. The molecule has 0 amide bonds. The van der Waals surface area contributed by atoms with Crippen molar-refractivity contribution in [1.29, 1.82) is 0 Å². The maximum absolute atomic E-state index is 12.4. The highest BCUT2D eigenvalue weighted by Crippen LogP contribution is 2.45. The zero-order chi connectivity index (χ0) is 28.9. The summed E-state index contributed by atoms with van der Waals surface area (Å²) in [5, 5.41) is 20.3. The van der Waals surface area contributed by atoms with Crippen molar-refractivity contribution in [2.45, 2.75) is 53.8 Å². The highest BCUT2D eigenvalue weighted by Gasteiger charge is 2.29. The number of carboxylic acid groups (broad SMARTS) is 2. The molecule has 8 nitrogen and oxygen atoms in total. The molecule has 2 atom stereocenters. The van der Waals surface area contributed by atoms with Gasteiger partial charge in [0.15, 0.2) is 0 Å². The fourth-order valence-electron chi connectivity index (χ4n) is 5.46. The number of hydrogen-bond acceptors (Lipinski definition) is 6. The lowest BCUT2D eigenvalue weighted by Gasteiger charge is -2.26. The second-order valence-corrected chi connectivity index (χ2v) is 10.6. The molecule has 0 aromatic heterocycles. The molecule has 2 fully saturated rings. The van der Waals surface area contributed by atoms with E-state index in [1.807, 2.05) is 41.5 Å². The summed E-state index contributed by atoms with van der Waals surface area (Å²) in [6, 6.07) is 6.57. The van der Waals surface area contributed by atoms with E-state index in [4.69, 9.17) is 18.9 Å². The van der Waals surface area contributed by atoms with Crippen molar-refractivity contribution in [2.75, 3.05) is 26.4 Å². The molecule has 0 bridgehead atoms. The minimum absolute atomic E-state index is 0.0671. The van der Waals surface area contributed by atoms with Gasteiger partial charge in [0.25, 0.3) is 0 Å². The van der Waals surface area contributed by atoms with Crippen molar-refractivity contribution in [3.05, 3.63) is 68.8 Å². The lowest BCUT2D eigenvalue weighted by molar-refractivity contribution is 0.0686. The number of ether oxygens (including phenoxy) is 4. The predicted octanol–water partition coefficient (Wildman–Crippen LogP) is 5.82. The molecule has 2 heterocycles. The zero-order valence-electron chi connectivity index (χ0n) is 23.6. The van der Waals surface area contributed by atoms with E-state index in [2.05, 4.69) is 0 Å². The normalized spacial score (nSPS) is 17.4. The van der Waals surface area contributed by atoms with Crippen LogP contribution in [0.15, 0.2) is 24.3 Å². The van der Waals surface area contributed by atoms with Crippen LogP contribution in [0, 0.1) is 41.5 Å². The maximum atomic E-state index is 12.4. The van der Waals surface area contributed by atoms with Gasteiger partial charge < -0.3 is 29.2 Å². The fourth-order valence-corrected chi connectivity index (χ4v) is 5.46. The molecule has 0 spiro atoms. The molecule has 2 aliphatic heterocycles. The number of epoxide rings is 2. The third kappa shape index (κ3) is 5.05. The van der Waals surface area contributed by atoms with Gasteiger partial charge in [0.05, 0.1) is 24.3 Å². The van der Waals surface area contributed by atoms with Gasteiger partial charge in [0.1, 0.15) is 36.9 Å². The summed E-state index contributed by atoms with van der Waals surface area (Å²) in [6.45, 7) is 13.7. The Balaban J connectivity index is 1.71. The number of rotatable bonds is 10. The summed E-state index contributed by atoms with van der Waals surface area (Å²) in [5.74, 6) is -0.826. The summed E-state index contributed by atoms with van der Waals surface area (Å²) in [6.07, 6.45) is 0.134. The average Bonchev–Trinajstić information content (AvgIpc) is 3.83. The third-order valence-corrected chi connectivity index (χ3v) is 8.07. The molecule has 8 heteroatoms. The average molecular weight is 547 g/mol. The number of benzene rings is 3. The van der Waals surface area contributed by atoms with E-state index < -0.39 is 11.9 Å². The first-order valence-electron chi connectivity index (χ1n) is 13.3. The van der Waals surface area contributed by atoms with Crippen LogP contribution in [0.4, 0.5) is 0 Å². The van der Waals surface area contributed by atoms with Gasteiger partial charge >= 0.3 is 11.9 Å². The summed E-state index contributed by atoms with van der Waals surface area (Å²) in [4.78, 5) is 24.8. The maximum Gasteiger partial charge on any atom is 0.336 e. The Morgan fingerprint density at radius 3 is 1.23 bits per heavy atom. The second kappa shape index (κ2) is 10.6. The van der Waals surface area contributed by atoms with Crippen molar-refractivity contribution in [3.8, 4) is 33.8 Å². The van der Waals surface area contributed by atoms with Crippen molar-refractivity contribution in [1.82, 2.24) is 0 Å². The van der Waals surface area contributed by atoms with Crippen molar-refractivity contribution in [3.63, 3.8) is 0 Å². The van der Waals surface area contributed by atoms with Gasteiger partial charge in [-0.2, -0.15) is 0 Å². The van der Waals surface area contributed by atoms with Gasteiger partial charge in [-0.1, -0.05) is 0 Å². The Morgan fingerprint density at radius 1 is 0.625 bits per heavy atom. The van der Waals surface area contributed by atoms with E-state index in [0.29, 0.717) is 49.1 Å². The van der Waals surface area contributed by atoms with Crippen LogP contribution in [-0.2, 0) is 9.47 Å². The number of carboxylic acids is 2.